The summed E-state index contributed by atoms with van der Waals surface area (Å²) < 4.78 is 14.6. The Bertz CT molecular complexity index is 738. The van der Waals surface area contributed by atoms with Crippen molar-refractivity contribution in [2.45, 2.75) is 20.8 Å². The molecule has 0 saturated heterocycles. The van der Waals surface area contributed by atoms with E-state index in [1.165, 1.54) is 19.1 Å². The number of nitrogens with one attached hydrogen (secondary N) is 1. The number of carbonyl (C=O) groups excluding carboxylic acids is 1. The fourth-order valence-electron chi connectivity index (χ4n) is 2.23. The van der Waals surface area contributed by atoms with Gasteiger partial charge >= 0.3 is 5.97 Å². The van der Waals surface area contributed by atoms with Gasteiger partial charge in [0.1, 0.15) is 5.82 Å². The van der Waals surface area contributed by atoms with Crippen LogP contribution in [0.5, 0.6) is 0 Å². The Morgan fingerprint density at radius 2 is 1.91 bits per heavy atom. The molecule has 1 atom stereocenters. The largest absolute Gasteiger partial charge is 0.481 e. The Morgan fingerprint density at radius 3 is 2.48 bits per heavy atom. The molecule has 2 rings (SSSR count). The van der Waals surface area contributed by atoms with Crippen molar-refractivity contribution in [2.24, 2.45) is 5.92 Å². The van der Waals surface area contributed by atoms with E-state index >= 15 is 0 Å². The van der Waals surface area contributed by atoms with Gasteiger partial charge in [0.15, 0.2) is 0 Å². The first-order valence-electron chi connectivity index (χ1n) is 7.14. The molecule has 0 aliphatic rings. The maximum atomic E-state index is 13.0. The predicted molar refractivity (Wildman–Crippen MR) is 82.1 cm³/mol. The number of aliphatic carboxylic acids is 1. The summed E-state index contributed by atoms with van der Waals surface area (Å²) >= 11 is 0. The van der Waals surface area contributed by atoms with Crippen LogP contribution in [0.4, 0.5) is 4.39 Å². The Morgan fingerprint density at radius 1 is 1.30 bits per heavy atom. The van der Waals surface area contributed by atoms with Crippen LogP contribution in [0.3, 0.4) is 0 Å². The van der Waals surface area contributed by atoms with Gasteiger partial charge in [0.05, 0.1) is 28.6 Å². The normalized spacial score (nSPS) is 12.0. The molecule has 1 aromatic carbocycles. The number of carbonyl (C=O) groups is 2. The molecule has 1 aromatic heterocycles. The molecule has 2 aromatic rings. The Kier molecular flexibility index (Phi) is 4.78. The van der Waals surface area contributed by atoms with E-state index in [-0.39, 0.29) is 18.3 Å². The van der Waals surface area contributed by atoms with Crippen LogP contribution in [-0.4, -0.2) is 33.3 Å². The van der Waals surface area contributed by atoms with E-state index in [0.717, 1.165) is 0 Å². The lowest BCUT2D eigenvalue weighted by molar-refractivity contribution is -0.140. The first-order chi connectivity index (χ1) is 10.8. The summed E-state index contributed by atoms with van der Waals surface area (Å²) in [6.07, 6.45) is 0. The summed E-state index contributed by atoms with van der Waals surface area (Å²) in [6.45, 7) is 4.99. The predicted octanol–water partition coefficient (Wildman–Crippen LogP) is 2.08. The number of rotatable bonds is 5. The number of aryl methyl sites for hydroxylation is 1. The molecular weight excluding hydrogens is 301 g/mol. The van der Waals surface area contributed by atoms with Crippen LogP contribution in [-0.2, 0) is 4.79 Å². The molecule has 1 heterocycles. The number of halogens is 1. The highest BCUT2D eigenvalue weighted by molar-refractivity contribution is 5.96. The summed E-state index contributed by atoms with van der Waals surface area (Å²) in [4.78, 5) is 23.1. The summed E-state index contributed by atoms with van der Waals surface area (Å²) in [5.41, 5.74) is 2.17. The molecule has 1 unspecified atom stereocenters. The van der Waals surface area contributed by atoms with Crippen molar-refractivity contribution >= 4 is 11.9 Å². The van der Waals surface area contributed by atoms with Crippen LogP contribution in [0.1, 0.15) is 28.7 Å². The van der Waals surface area contributed by atoms with Crippen molar-refractivity contribution in [3.05, 3.63) is 47.0 Å². The lowest BCUT2D eigenvalue weighted by Gasteiger charge is -2.09. The maximum absolute atomic E-state index is 13.0. The van der Waals surface area contributed by atoms with E-state index in [1.54, 1.807) is 30.7 Å². The molecule has 0 spiro atoms. The van der Waals surface area contributed by atoms with Crippen molar-refractivity contribution in [2.75, 3.05) is 6.54 Å². The van der Waals surface area contributed by atoms with Gasteiger partial charge < -0.3 is 10.4 Å². The van der Waals surface area contributed by atoms with Crippen molar-refractivity contribution in [1.29, 1.82) is 0 Å². The van der Waals surface area contributed by atoms with Gasteiger partial charge in [-0.2, -0.15) is 5.10 Å². The number of hydrogen-bond acceptors (Lipinski definition) is 3. The third-order valence-electron chi connectivity index (χ3n) is 3.58. The van der Waals surface area contributed by atoms with E-state index in [0.29, 0.717) is 22.6 Å². The third-order valence-corrected chi connectivity index (χ3v) is 3.58. The van der Waals surface area contributed by atoms with E-state index in [4.69, 9.17) is 5.11 Å². The van der Waals surface area contributed by atoms with Crippen molar-refractivity contribution in [1.82, 2.24) is 15.1 Å². The zero-order valence-electron chi connectivity index (χ0n) is 13.1. The number of aromatic nitrogens is 2. The molecule has 6 nitrogen and oxygen atoms in total. The third kappa shape index (κ3) is 3.56. The van der Waals surface area contributed by atoms with E-state index < -0.39 is 11.9 Å². The average Bonchev–Trinajstić information content (AvgIpc) is 2.80. The zero-order valence-corrected chi connectivity index (χ0v) is 13.1. The quantitative estimate of drug-likeness (QED) is 0.884. The lowest BCUT2D eigenvalue weighted by atomic mass is 10.1. The minimum absolute atomic E-state index is 0.0365. The number of carboxylic acids is 1. The first kappa shape index (κ1) is 16.7. The molecule has 122 valence electrons. The maximum Gasteiger partial charge on any atom is 0.308 e. The smallest absolute Gasteiger partial charge is 0.308 e. The fraction of sp³-hybridized carbons (Fsp3) is 0.312. The van der Waals surface area contributed by atoms with E-state index in [1.807, 2.05) is 0 Å². The molecule has 0 bridgehead atoms. The molecule has 0 saturated carbocycles. The number of hydrogen-bond donors (Lipinski definition) is 2. The molecule has 7 heteroatoms. The topological polar surface area (TPSA) is 84.2 Å². The summed E-state index contributed by atoms with van der Waals surface area (Å²) in [6, 6.07) is 5.78. The Labute approximate surface area is 132 Å². The number of nitrogens with zero attached hydrogens (tertiary/aromatic N) is 2. The van der Waals surface area contributed by atoms with Crippen LogP contribution >= 0.6 is 0 Å². The number of amides is 1. The number of carboxylic acid groups (broad SMARTS) is 1. The summed E-state index contributed by atoms with van der Waals surface area (Å²) in [7, 11) is 0. The van der Waals surface area contributed by atoms with Gasteiger partial charge in [-0.1, -0.05) is 6.92 Å². The Hall–Kier alpha value is -2.70. The van der Waals surface area contributed by atoms with Gasteiger partial charge in [0, 0.05) is 6.54 Å². The summed E-state index contributed by atoms with van der Waals surface area (Å²) in [5, 5.41) is 15.8. The van der Waals surface area contributed by atoms with Crippen LogP contribution in [0.15, 0.2) is 24.3 Å². The van der Waals surface area contributed by atoms with E-state index in [9.17, 15) is 14.0 Å². The standard InChI is InChI=1S/C16H18FN3O3/c1-9(16(22)23)8-18-15(21)14-10(2)19-20(11(14)3)13-6-4-12(17)5-7-13/h4-7,9H,8H2,1-3H3,(H,18,21)(H,22,23). The number of benzene rings is 1. The zero-order chi connectivity index (χ0) is 17.1. The van der Waals surface area contributed by atoms with Gasteiger partial charge in [-0.25, -0.2) is 9.07 Å². The second-order valence-electron chi connectivity index (χ2n) is 5.38. The van der Waals surface area contributed by atoms with Crippen LogP contribution in [0.25, 0.3) is 5.69 Å². The van der Waals surface area contributed by atoms with Crippen LogP contribution < -0.4 is 5.32 Å². The molecule has 0 fully saturated rings. The van der Waals surface area contributed by atoms with Crippen LogP contribution in [0.2, 0.25) is 0 Å². The molecule has 2 N–H and O–H groups in total. The molecule has 23 heavy (non-hydrogen) atoms. The van der Waals surface area contributed by atoms with Crippen LogP contribution in [0, 0.1) is 25.6 Å². The highest BCUT2D eigenvalue weighted by Gasteiger charge is 2.20. The molecule has 0 aliphatic heterocycles. The van der Waals surface area contributed by atoms with Crippen molar-refractivity contribution in [3.63, 3.8) is 0 Å². The molecular formula is C16H18FN3O3. The molecule has 1 amide bonds. The SMILES string of the molecule is Cc1nn(-c2ccc(F)cc2)c(C)c1C(=O)NCC(C)C(=O)O. The molecule has 0 aliphatic carbocycles. The first-order valence-corrected chi connectivity index (χ1v) is 7.14. The second-order valence-corrected chi connectivity index (χ2v) is 5.38. The fourth-order valence-corrected chi connectivity index (χ4v) is 2.23. The van der Waals surface area contributed by atoms with Crippen molar-refractivity contribution in [3.8, 4) is 5.69 Å². The minimum atomic E-state index is -0.972. The molecule has 0 radical (unpaired) electrons. The van der Waals surface area contributed by atoms with Crippen molar-refractivity contribution < 1.29 is 19.1 Å². The lowest BCUT2D eigenvalue weighted by Crippen LogP contribution is -2.32. The highest BCUT2D eigenvalue weighted by Crippen LogP contribution is 2.18. The Balaban J connectivity index is 2.25. The van der Waals surface area contributed by atoms with Gasteiger partial charge in [-0.05, 0) is 38.1 Å². The van der Waals surface area contributed by atoms with E-state index in [2.05, 4.69) is 10.4 Å². The van der Waals surface area contributed by atoms with Gasteiger partial charge in [0.2, 0.25) is 0 Å². The average molecular weight is 319 g/mol. The highest BCUT2D eigenvalue weighted by atomic mass is 19.1. The second kappa shape index (κ2) is 6.60. The minimum Gasteiger partial charge on any atom is -0.481 e. The monoisotopic (exact) mass is 319 g/mol. The van der Waals surface area contributed by atoms with Gasteiger partial charge in [-0.3, -0.25) is 9.59 Å². The summed E-state index contributed by atoms with van der Waals surface area (Å²) in [5.74, 6) is -2.37. The van der Waals surface area contributed by atoms with Gasteiger partial charge in [0.25, 0.3) is 5.91 Å². The van der Waals surface area contributed by atoms with Gasteiger partial charge in [-0.15, -0.1) is 0 Å².